The van der Waals surface area contributed by atoms with Gasteiger partial charge in [-0.25, -0.2) is 0 Å². The molecule has 0 bridgehead atoms. The van der Waals surface area contributed by atoms with E-state index in [2.05, 4.69) is 44.0 Å². The summed E-state index contributed by atoms with van der Waals surface area (Å²) in [6.45, 7) is 6.45. The lowest BCUT2D eigenvalue weighted by molar-refractivity contribution is -0.0121. The molecule has 0 saturated carbocycles. The summed E-state index contributed by atoms with van der Waals surface area (Å²) in [7, 11) is 5.27. The molecule has 1 aromatic carbocycles. The van der Waals surface area contributed by atoms with Crippen LogP contribution in [0.3, 0.4) is 0 Å². The first-order chi connectivity index (χ1) is 14.7. The van der Waals surface area contributed by atoms with E-state index in [9.17, 15) is 0 Å². The van der Waals surface area contributed by atoms with Gasteiger partial charge in [-0.2, -0.15) is 11.8 Å². The second-order valence-electron chi connectivity index (χ2n) is 8.17. The molecule has 3 heterocycles. The van der Waals surface area contributed by atoms with Crippen molar-refractivity contribution in [3.05, 3.63) is 23.3 Å². The van der Waals surface area contributed by atoms with Crippen LogP contribution in [0, 0.1) is 0 Å². The van der Waals surface area contributed by atoms with E-state index in [-0.39, 0.29) is 29.5 Å². The number of halogens is 1. The zero-order valence-corrected chi connectivity index (χ0v) is 22.0. The van der Waals surface area contributed by atoms with Gasteiger partial charge in [0, 0.05) is 51.1 Å². The Kier molecular flexibility index (Phi) is 9.01. The molecule has 1 N–H and O–H groups in total. The molecule has 1 aromatic rings. The molecule has 4 rings (SSSR count). The van der Waals surface area contributed by atoms with Gasteiger partial charge < -0.3 is 24.4 Å². The summed E-state index contributed by atoms with van der Waals surface area (Å²) in [6.07, 6.45) is 2.20. The summed E-state index contributed by atoms with van der Waals surface area (Å²) in [4.78, 5) is 9.61. The first-order valence-corrected chi connectivity index (χ1v) is 11.9. The lowest BCUT2D eigenvalue weighted by Gasteiger charge is -2.44. The number of ether oxygens (including phenoxy) is 3. The van der Waals surface area contributed by atoms with Crippen molar-refractivity contribution < 1.29 is 14.2 Å². The molecule has 0 aliphatic carbocycles. The minimum absolute atomic E-state index is 0. The molecule has 0 aromatic heterocycles. The van der Waals surface area contributed by atoms with Crippen LogP contribution in [-0.2, 0) is 17.7 Å². The van der Waals surface area contributed by atoms with Crippen molar-refractivity contribution in [1.29, 1.82) is 0 Å². The molecule has 0 spiro atoms. The second-order valence-corrected chi connectivity index (χ2v) is 9.28. The molecule has 1 unspecified atom stereocenters. The fraction of sp³-hybridized carbons (Fsp3) is 0.682. The second kappa shape index (κ2) is 11.3. The number of rotatable bonds is 5. The third-order valence-electron chi connectivity index (χ3n) is 6.57. The molecule has 7 nitrogen and oxygen atoms in total. The van der Waals surface area contributed by atoms with Gasteiger partial charge in [-0.05, 0) is 41.9 Å². The van der Waals surface area contributed by atoms with Gasteiger partial charge >= 0.3 is 0 Å². The van der Waals surface area contributed by atoms with Crippen molar-refractivity contribution in [1.82, 2.24) is 15.1 Å². The van der Waals surface area contributed by atoms with E-state index in [1.165, 1.54) is 29.1 Å². The number of nitrogens with zero attached hydrogens (tertiary/aromatic N) is 3. The SMILES string of the molecule is CN=C(NCC1(N2CCOCC2)CCSC1)N1CCc2cc(OC)c(OC)cc2C1.I. The molecular formula is C22H35IN4O3S. The Morgan fingerprint density at radius 2 is 1.87 bits per heavy atom. The third kappa shape index (κ3) is 5.36. The minimum Gasteiger partial charge on any atom is -0.493 e. The van der Waals surface area contributed by atoms with Crippen molar-refractivity contribution in [2.75, 3.05) is 72.2 Å². The molecule has 2 fully saturated rings. The fourth-order valence-corrected chi connectivity index (χ4v) is 6.25. The number of methoxy groups -OCH3 is 2. The number of hydrogen-bond donors (Lipinski definition) is 1. The molecular weight excluding hydrogens is 527 g/mol. The van der Waals surface area contributed by atoms with Crippen LogP contribution in [0.2, 0.25) is 0 Å². The molecule has 9 heteroatoms. The first kappa shape index (κ1) is 24.7. The van der Waals surface area contributed by atoms with Crippen LogP contribution in [0.15, 0.2) is 17.1 Å². The maximum atomic E-state index is 5.59. The number of guanidine groups is 1. The lowest BCUT2D eigenvalue weighted by Crippen LogP contribution is -2.60. The van der Waals surface area contributed by atoms with E-state index in [0.29, 0.717) is 0 Å². The van der Waals surface area contributed by atoms with Crippen LogP contribution in [-0.4, -0.2) is 93.5 Å². The number of fused-ring (bicyclic) bond motifs is 1. The average molecular weight is 563 g/mol. The molecule has 2 saturated heterocycles. The summed E-state index contributed by atoms with van der Waals surface area (Å²) < 4.78 is 16.6. The minimum atomic E-state index is 0. The van der Waals surface area contributed by atoms with Crippen LogP contribution in [0.5, 0.6) is 11.5 Å². The van der Waals surface area contributed by atoms with Crippen molar-refractivity contribution >= 4 is 41.7 Å². The highest BCUT2D eigenvalue weighted by atomic mass is 127. The first-order valence-electron chi connectivity index (χ1n) is 10.8. The molecule has 0 amide bonds. The Hall–Kier alpha value is -0.910. The monoisotopic (exact) mass is 562 g/mol. The average Bonchev–Trinajstić information content (AvgIpc) is 3.29. The normalized spacial score (nSPS) is 24.4. The number of nitrogens with one attached hydrogen (secondary N) is 1. The van der Waals surface area contributed by atoms with E-state index < -0.39 is 0 Å². The van der Waals surface area contributed by atoms with Crippen molar-refractivity contribution in [2.45, 2.75) is 24.9 Å². The van der Waals surface area contributed by atoms with Crippen molar-refractivity contribution in [3.63, 3.8) is 0 Å². The molecule has 3 aliphatic heterocycles. The zero-order chi connectivity index (χ0) is 21.0. The van der Waals surface area contributed by atoms with E-state index >= 15 is 0 Å². The summed E-state index contributed by atoms with van der Waals surface area (Å²) in [5, 5.41) is 3.73. The van der Waals surface area contributed by atoms with Gasteiger partial charge in [-0.15, -0.1) is 24.0 Å². The fourth-order valence-electron chi connectivity index (χ4n) is 4.77. The van der Waals surface area contributed by atoms with E-state index in [1.807, 2.05) is 7.05 Å². The van der Waals surface area contributed by atoms with Crippen LogP contribution >= 0.6 is 35.7 Å². The number of hydrogen-bond acceptors (Lipinski definition) is 6. The maximum Gasteiger partial charge on any atom is 0.194 e. The number of aliphatic imine (C=N–C) groups is 1. The highest BCUT2D eigenvalue weighted by Gasteiger charge is 2.41. The lowest BCUT2D eigenvalue weighted by atomic mass is 9.95. The predicted molar refractivity (Wildman–Crippen MR) is 138 cm³/mol. The van der Waals surface area contributed by atoms with Gasteiger partial charge in [-0.3, -0.25) is 9.89 Å². The van der Waals surface area contributed by atoms with Crippen LogP contribution in [0.1, 0.15) is 17.5 Å². The van der Waals surface area contributed by atoms with Crippen LogP contribution in [0.25, 0.3) is 0 Å². The predicted octanol–water partition coefficient (Wildman–Crippen LogP) is 2.46. The summed E-state index contributed by atoms with van der Waals surface area (Å²) in [5.74, 6) is 4.99. The van der Waals surface area contributed by atoms with Crippen molar-refractivity contribution in [3.8, 4) is 11.5 Å². The van der Waals surface area contributed by atoms with E-state index in [1.54, 1.807) is 14.2 Å². The van der Waals surface area contributed by atoms with Gasteiger partial charge in [0.1, 0.15) is 0 Å². The Labute approximate surface area is 207 Å². The highest BCUT2D eigenvalue weighted by molar-refractivity contribution is 14.0. The standard InChI is InChI=1S/C22H34N4O3S.HI/c1-23-21(24-15-22(5-11-30-16-22)26-7-9-29-10-8-26)25-6-4-17-12-19(27-2)20(28-3)13-18(17)14-25;/h12-13H,4-11,14-16H2,1-3H3,(H,23,24);1H. The van der Waals surface area contributed by atoms with Crippen LogP contribution < -0.4 is 14.8 Å². The largest absolute Gasteiger partial charge is 0.493 e. The Balaban J connectivity index is 0.00000272. The van der Waals surface area contributed by atoms with Gasteiger partial charge in [-0.1, -0.05) is 0 Å². The van der Waals surface area contributed by atoms with E-state index in [0.717, 1.165) is 69.8 Å². The molecule has 0 radical (unpaired) electrons. The molecule has 31 heavy (non-hydrogen) atoms. The summed E-state index contributed by atoms with van der Waals surface area (Å²) in [5.41, 5.74) is 2.81. The highest BCUT2D eigenvalue weighted by Crippen LogP contribution is 2.35. The van der Waals surface area contributed by atoms with Crippen molar-refractivity contribution in [2.24, 2.45) is 4.99 Å². The number of benzene rings is 1. The van der Waals surface area contributed by atoms with Gasteiger partial charge in [0.05, 0.1) is 27.4 Å². The molecule has 1 atom stereocenters. The van der Waals surface area contributed by atoms with Gasteiger partial charge in [0.15, 0.2) is 17.5 Å². The van der Waals surface area contributed by atoms with Gasteiger partial charge in [0.25, 0.3) is 0 Å². The van der Waals surface area contributed by atoms with Gasteiger partial charge in [0.2, 0.25) is 0 Å². The van der Waals surface area contributed by atoms with Crippen LogP contribution in [0.4, 0.5) is 0 Å². The Morgan fingerprint density at radius 3 is 2.48 bits per heavy atom. The maximum absolute atomic E-state index is 5.59. The topological polar surface area (TPSA) is 58.6 Å². The third-order valence-corrected chi connectivity index (χ3v) is 7.80. The smallest absolute Gasteiger partial charge is 0.194 e. The zero-order valence-electron chi connectivity index (χ0n) is 18.8. The number of morpholine rings is 1. The molecule has 3 aliphatic rings. The Morgan fingerprint density at radius 1 is 1.16 bits per heavy atom. The van der Waals surface area contributed by atoms with E-state index in [4.69, 9.17) is 14.2 Å². The summed E-state index contributed by atoms with van der Waals surface area (Å²) in [6, 6.07) is 4.22. The summed E-state index contributed by atoms with van der Waals surface area (Å²) >= 11 is 2.07. The Bertz CT molecular complexity index is 767. The number of thioether (sulfide) groups is 1. The molecule has 174 valence electrons. The quantitative estimate of drug-likeness (QED) is 0.336.